The average Bonchev–Trinajstić information content (AvgIpc) is 2.93. The minimum atomic E-state index is 0.118. The lowest BCUT2D eigenvalue weighted by atomic mass is 10.1. The van der Waals surface area contributed by atoms with Crippen molar-refractivity contribution in [2.75, 3.05) is 46.4 Å². The molecule has 1 fully saturated rings. The summed E-state index contributed by atoms with van der Waals surface area (Å²) >= 11 is 0. The van der Waals surface area contributed by atoms with E-state index in [1.54, 1.807) is 0 Å². The van der Waals surface area contributed by atoms with Crippen LogP contribution in [-0.2, 0) is 17.8 Å². The lowest BCUT2D eigenvalue weighted by Gasteiger charge is -2.34. The van der Waals surface area contributed by atoms with Gasteiger partial charge in [0.2, 0.25) is 0 Å². The van der Waals surface area contributed by atoms with Crippen LogP contribution in [0.2, 0.25) is 0 Å². The smallest absolute Gasteiger partial charge is 0.320 e. The highest BCUT2D eigenvalue weighted by molar-refractivity contribution is 5.74. The molecule has 1 saturated heterocycles. The average molecular weight is 335 g/mol. The van der Waals surface area contributed by atoms with Crippen molar-refractivity contribution in [1.82, 2.24) is 24.3 Å². The molecule has 0 spiro atoms. The number of fused-ring (bicyclic) bond motifs is 1. The zero-order valence-electron chi connectivity index (χ0n) is 15.0. The summed E-state index contributed by atoms with van der Waals surface area (Å²) in [4.78, 5) is 23.6. The molecule has 0 saturated carbocycles. The van der Waals surface area contributed by atoms with E-state index in [1.165, 1.54) is 0 Å². The largest absolute Gasteiger partial charge is 0.378 e. The molecule has 2 aliphatic rings. The van der Waals surface area contributed by atoms with E-state index in [1.807, 2.05) is 22.2 Å². The van der Waals surface area contributed by atoms with Crippen LogP contribution in [0.15, 0.2) is 12.4 Å². The summed E-state index contributed by atoms with van der Waals surface area (Å²) in [5.41, 5.74) is 0. The molecule has 134 valence electrons. The Kier molecular flexibility index (Phi) is 5.40. The predicted octanol–water partition coefficient (Wildman–Crippen LogP) is 1.11. The first kappa shape index (κ1) is 17.2. The van der Waals surface area contributed by atoms with E-state index < -0.39 is 0 Å². The number of aromatic nitrogens is 2. The van der Waals surface area contributed by atoms with Crippen molar-refractivity contribution in [1.29, 1.82) is 0 Å². The number of nitrogens with zero attached hydrogens (tertiary/aromatic N) is 5. The zero-order chi connectivity index (χ0) is 17.1. The summed E-state index contributed by atoms with van der Waals surface area (Å²) < 4.78 is 7.57. The summed E-state index contributed by atoms with van der Waals surface area (Å²) in [6.07, 6.45) is 3.86. The van der Waals surface area contributed by atoms with E-state index in [2.05, 4.69) is 35.3 Å². The molecule has 7 nitrogen and oxygen atoms in total. The number of hydrogen-bond acceptors (Lipinski definition) is 4. The SMILES string of the molecule is CC(C)N(C)CC1CN(C(=O)N2CCOCC2)Cc2nccn2C1. The quantitative estimate of drug-likeness (QED) is 0.830. The molecule has 0 N–H and O–H groups in total. The van der Waals surface area contributed by atoms with Gasteiger partial charge in [-0.05, 0) is 20.9 Å². The fourth-order valence-electron chi connectivity index (χ4n) is 3.37. The molecule has 0 aromatic carbocycles. The number of carbonyl (C=O) groups excluding carboxylic acids is 1. The predicted molar refractivity (Wildman–Crippen MR) is 91.7 cm³/mol. The fourth-order valence-corrected chi connectivity index (χ4v) is 3.37. The first-order valence-electron chi connectivity index (χ1n) is 8.86. The standard InChI is InChI=1S/C17H29N5O2/c1-14(2)19(3)10-15-11-21-5-4-18-16(21)13-22(12-15)17(23)20-6-8-24-9-7-20/h4-5,14-15H,6-13H2,1-3H3. The van der Waals surface area contributed by atoms with Crippen molar-refractivity contribution in [2.45, 2.75) is 33.0 Å². The van der Waals surface area contributed by atoms with Gasteiger partial charge in [0.05, 0.1) is 19.8 Å². The fraction of sp³-hybridized carbons (Fsp3) is 0.765. The van der Waals surface area contributed by atoms with Gasteiger partial charge in [0.1, 0.15) is 5.82 Å². The van der Waals surface area contributed by atoms with Gasteiger partial charge in [0.15, 0.2) is 0 Å². The van der Waals surface area contributed by atoms with E-state index >= 15 is 0 Å². The van der Waals surface area contributed by atoms with Crippen molar-refractivity contribution >= 4 is 6.03 Å². The molecule has 2 aliphatic heterocycles. The maximum absolute atomic E-state index is 12.9. The molecule has 1 aromatic heterocycles. The Hall–Kier alpha value is -1.60. The van der Waals surface area contributed by atoms with Gasteiger partial charge in [0, 0.05) is 57.1 Å². The van der Waals surface area contributed by atoms with Crippen LogP contribution in [0.5, 0.6) is 0 Å². The van der Waals surface area contributed by atoms with Crippen LogP contribution in [0.4, 0.5) is 4.79 Å². The van der Waals surface area contributed by atoms with Gasteiger partial charge in [0.25, 0.3) is 0 Å². The number of hydrogen-bond donors (Lipinski definition) is 0. The van der Waals surface area contributed by atoms with Crippen molar-refractivity contribution in [3.05, 3.63) is 18.2 Å². The number of imidazole rings is 1. The van der Waals surface area contributed by atoms with Crippen molar-refractivity contribution in [2.24, 2.45) is 5.92 Å². The Morgan fingerprint density at radius 1 is 1.33 bits per heavy atom. The highest BCUT2D eigenvalue weighted by Crippen LogP contribution is 2.18. The molecule has 3 rings (SSSR count). The number of rotatable bonds is 3. The number of morpholine rings is 1. The second kappa shape index (κ2) is 7.53. The van der Waals surface area contributed by atoms with Gasteiger partial charge < -0.3 is 24.0 Å². The Bertz CT molecular complexity index is 553. The summed E-state index contributed by atoms with van der Waals surface area (Å²) in [7, 11) is 2.15. The molecule has 3 heterocycles. The van der Waals surface area contributed by atoms with E-state index in [0.717, 1.165) is 25.5 Å². The second-order valence-corrected chi connectivity index (χ2v) is 7.16. The zero-order valence-corrected chi connectivity index (χ0v) is 15.0. The van der Waals surface area contributed by atoms with Gasteiger partial charge in [-0.3, -0.25) is 0 Å². The van der Waals surface area contributed by atoms with Crippen molar-refractivity contribution < 1.29 is 9.53 Å². The summed E-state index contributed by atoms with van der Waals surface area (Å²) in [6, 6.07) is 0.617. The lowest BCUT2D eigenvalue weighted by Crippen LogP contribution is -2.49. The first-order chi connectivity index (χ1) is 11.5. The minimum Gasteiger partial charge on any atom is -0.378 e. The maximum atomic E-state index is 12.9. The van der Waals surface area contributed by atoms with Gasteiger partial charge in [-0.25, -0.2) is 9.78 Å². The molecule has 0 aliphatic carbocycles. The second-order valence-electron chi connectivity index (χ2n) is 7.16. The summed E-state index contributed by atoms with van der Waals surface area (Å²) in [6.45, 7) is 10.3. The third kappa shape index (κ3) is 3.89. The molecule has 2 amide bonds. The Morgan fingerprint density at radius 3 is 2.79 bits per heavy atom. The molecule has 0 radical (unpaired) electrons. The molecule has 24 heavy (non-hydrogen) atoms. The van der Waals surface area contributed by atoms with E-state index in [0.29, 0.717) is 44.8 Å². The van der Waals surface area contributed by atoms with Gasteiger partial charge in [-0.2, -0.15) is 0 Å². The van der Waals surface area contributed by atoms with Crippen molar-refractivity contribution in [3.63, 3.8) is 0 Å². The van der Waals surface area contributed by atoms with Gasteiger partial charge >= 0.3 is 6.03 Å². The highest BCUT2D eigenvalue weighted by Gasteiger charge is 2.30. The van der Waals surface area contributed by atoms with Crippen LogP contribution >= 0.6 is 0 Å². The number of carbonyl (C=O) groups is 1. The number of urea groups is 1. The third-order valence-corrected chi connectivity index (χ3v) is 5.05. The monoisotopic (exact) mass is 335 g/mol. The van der Waals surface area contributed by atoms with Crippen LogP contribution in [-0.4, -0.2) is 82.8 Å². The van der Waals surface area contributed by atoms with E-state index in [9.17, 15) is 4.79 Å². The Labute approximate surface area is 144 Å². The highest BCUT2D eigenvalue weighted by atomic mass is 16.5. The molecular weight excluding hydrogens is 306 g/mol. The van der Waals surface area contributed by atoms with E-state index in [4.69, 9.17) is 4.74 Å². The van der Waals surface area contributed by atoms with Crippen LogP contribution in [0.25, 0.3) is 0 Å². The topological polar surface area (TPSA) is 53.8 Å². The molecule has 1 aromatic rings. The van der Waals surface area contributed by atoms with Gasteiger partial charge in [-0.1, -0.05) is 0 Å². The number of ether oxygens (including phenoxy) is 1. The molecule has 7 heteroatoms. The van der Waals surface area contributed by atoms with Crippen molar-refractivity contribution in [3.8, 4) is 0 Å². The Balaban J connectivity index is 1.74. The van der Waals surface area contributed by atoms with Crippen LogP contribution in [0.3, 0.4) is 0 Å². The van der Waals surface area contributed by atoms with Crippen LogP contribution in [0.1, 0.15) is 19.7 Å². The first-order valence-corrected chi connectivity index (χ1v) is 8.86. The summed E-state index contributed by atoms with van der Waals surface area (Å²) in [5.74, 6) is 1.38. The lowest BCUT2D eigenvalue weighted by molar-refractivity contribution is 0.0407. The van der Waals surface area contributed by atoms with Crippen LogP contribution < -0.4 is 0 Å². The molecule has 1 unspecified atom stereocenters. The molecule has 0 bridgehead atoms. The third-order valence-electron chi connectivity index (χ3n) is 5.05. The Morgan fingerprint density at radius 2 is 2.08 bits per heavy atom. The van der Waals surface area contributed by atoms with E-state index in [-0.39, 0.29) is 6.03 Å². The van der Waals surface area contributed by atoms with Gasteiger partial charge in [-0.15, -0.1) is 0 Å². The summed E-state index contributed by atoms with van der Waals surface area (Å²) in [5, 5.41) is 0. The normalized spacial score (nSPS) is 22.0. The minimum absolute atomic E-state index is 0.118. The maximum Gasteiger partial charge on any atom is 0.320 e. The van der Waals surface area contributed by atoms with Crippen LogP contribution in [0, 0.1) is 5.92 Å². The molecule has 1 atom stereocenters. The number of amides is 2. The molecular formula is C17H29N5O2.